The molecule has 0 fully saturated rings. The monoisotopic (exact) mass is 309 g/mol. The lowest BCUT2D eigenvalue weighted by atomic mass is 9.93. The molecule has 0 aliphatic carbocycles. The summed E-state index contributed by atoms with van der Waals surface area (Å²) in [7, 11) is 0. The van der Waals surface area contributed by atoms with E-state index in [1.807, 2.05) is 37.3 Å². The Kier molecular flexibility index (Phi) is 5.36. The first-order valence-electron chi connectivity index (χ1n) is 7.77. The zero-order chi connectivity index (χ0) is 16.9. The van der Waals surface area contributed by atoms with Crippen LogP contribution in [0.5, 0.6) is 5.75 Å². The summed E-state index contributed by atoms with van der Waals surface area (Å²) in [6.07, 6.45) is 4.33. The number of benzene rings is 1. The Morgan fingerprint density at radius 1 is 1.22 bits per heavy atom. The van der Waals surface area contributed by atoms with Crippen molar-refractivity contribution in [2.45, 2.75) is 32.7 Å². The third-order valence-electron chi connectivity index (χ3n) is 3.55. The summed E-state index contributed by atoms with van der Waals surface area (Å²) < 4.78 is 5.82. The van der Waals surface area contributed by atoms with E-state index in [0.29, 0.717) is 23.8 Å². The van der Waals surface area contributed by atoms with E-state index in [1.54, 1.807) is 12.4 Å². The van der Waals surface area contributed by atoms with Gasteiger partial charge in [0.05, 0.1) is 5.56 Å². The van der Waals surface area contributed by atoms with Crippen LogP contribution in [0.25, 0.3) is 11.1 Å². The minimum Gasteiger partial charge on any atom is -0.490 e. The van der Waals surface area contributed by atoms with Crippen LogP contribution in [-0.4, -0.2) is 17.1 Å². The molecule has 0 aliphatic heterocycles. The van der Waals surface area contributed by atoms with E-state index < -0.39 is 5.54 Å². The van der Waals surface area contributed by atoms with Crippen molar-refractivity contribution in [3.05, 3.63) is 48.3 Å². The molecule has 0 saturated heterocycles. The number of nitrogens with zero attached hydrogens (tertiary/aromatic N) is 2. The first-order chi connectivity index (χ1) is 10.9. The number of nitriles is 1. The first-order valence-corrected chi connectivity index (χ1v) is 7.77. The molecule has 2 aromatic rings. The lowest BCUT2D eigenvalue weighted by Gasteiger charge is -2.26. The van der Waals surface area contributed by atoms with Crippen LogP contribution in [-0.2, 0) is 0 Å². The number of rotatable bonds is 6. The molecule has 2 N–H and O–H groups in total. The zero-order valence-electron chi connectivity index (χ0n) is 13.9. The Morgan fingerprint density at radius 3 is 2.52 bits per heavy atom. The Bertz CT molecular complexity index is 688. The van der Waals surface area contributed by atoms with Gasteiger partial charge in [-0.15, -0.1) is 0 Å². The van der Waals surface area contributed by atoms with E-state index in [0.717, 1.165) is 17.5 Å². The Labute approximate surface area is 137 Å². The molecule has 0 saturated carbocycles. The van der Waals surface area contributed by atoms with Crippen LogP contribution in [0, 0.1) is 17.2 Å². The summed E-state index contributed by atoms with van der Waals surface area (Å²) in [5, 5.41) is 9.39. The Balaban J connectivity index is 2.16. The molecule has 23 heavy (non-hydrogen) atoms. The van der Waals surface area contributed by atoms with E-state index in [1.165, 1.54) is 0 Å². The van der Waals surface area contributed by atoms with Gasteiger partial charge in [0.15, 0.2) is 0 Å². The predicted molar refractivity (Wildman–Crippen MR) is 91.9 cm³/mol. The van der Waals surface area contributed by atoms with Crippen LogP contribution in [0.3, 0.4) is 0 Å². The van der Waals surface area contributed by atoms with Gasteiger partial charge in [-0.05, 0) is 54.7 Å². The fraction of sp³-hybridized carbons (Fsp3) is 0.368. The second-order valence-corrected chi connectivity index (χ2v) is 6.60. The number of nitrogens with two attached hydrogens (primary N) is 1. The molecule has 0 aliphatic rings. The van der Waals surface area contributed by atoms with Crippen molar-refractivity contribution in [1.82, 2.24) is 4.98 Å². The van der Waals surface area contributed by atoms with E-state index in [4.69, 9.17) is 10.5 Å². The van der Waals surface area contributed by atoms with Crippen molar-refractivity contribution in [3.63, 3.8) is 0 Å². The number of ether oxygens (including phenoxy) is 1. The van der Waals surface area contributed by atoms with Gasteiger partial charge in [-0.2, -0.15) is 5.26 Å². The number of pyridine rings is 1. The maximum Gasteiger partial charge on any atom is 0.137 e. The van der Waals surface area contributed by atoms with Gasteiger partial charge < -0.3 is 10.5 Å². The highest BCUT2D eigenvalue weighted by Crippen LogP contribution is 2.27. The summed E-state index contributed by atoms with van der Waals surface area (Å²) >= 11 is 0. The smallest absolute Gasteiger partial charge is 0.137 e. The van der Waals surface area contributed by atoms with Gasteiger partial charge >= 0.3 is 0 Å². The fourth-order valence-corrected chi connectivity index (χ4v) is 2.70. The summed E-state index contributed by atoms with van der Waals surface area (Å²) in [5.41, 5.74) is 8.35. The number of aromatic nitrogens is 1. The molecule has 0 amide bonds. The third kappa shape index (κ3) is 4.80. The average molecular weight is 309 g/mol. The third-order valence-corrected chi connectivity index (χ3v) is 3.55. The van der Waals surface area contributed by atoms with Gasteiger partial charge in [-0.25, -0.2) is 0 Å². The van der Waals surface area contributed by atoms with E-state index >= 15 is 0 Å². The molecule has 1 atom stereocenters. The molecule has 4 nitrogen and oxygen atoms in total. The van der Waals surface area contributed by atoms with Gasteiger partial charge in [0, 0.05) is 17.9 Å². The Hall–Kier alpha value is -2.38. The molecule has 120 valence electrons. The largest absolute Gasteiger partial charge is 0.490 e. The van der Waals surface area contributed by atoms with Crippen LogP contribution < -0.4 is 10.5 Å². The maximum absolute atomic E-state index is 9.39. The minimum absolute atomic E-state index is 0.383. The molecule has 0 radical (unpaired) electrons. The summed E-state index contributed by atoms with van der Waals surface area (Å²) in [4.78, 5) is 4.01. The number of hydrogen-bond acceptors (Lipinski definition) is 4. The van der Waals surface area contributed by atoms with Gasteiger partial charge in [-0.3, -0.25) is 4.98 Å². The average Bonchev–Trinajstić information content (AvgIpc) is 2.52. The zero-order valence-corrected chi connectivity index (χ0v) is 13.9. The molecule has 1 unspecified atom stereocenters. The first kappa shape index (κ1) is 17.0. The normalized spacial score (nSPS) is 13.4. The topological polar surface area (TPSA) is 71.9 Å². The van der Waals surface area contributed by atoms with E-state index in [-0.39, 0.29) is 0 Å². The van der Waals surface area contributed by atoms with Gasteiger partial charge in [0.25, 0.3) is 0 Å². The van der Waals surface area contributed by atoms with Gasteiger partial charge in [0.1, 0.15) is 18.4 Å². The summed E-state index contributed by atoms with van der Waals surface area (Å²) in [5.74, 6) is 1.07. The molecule has 4 heteroatoms. The highest BCUT2D eigenvalue weighted by Gasteiger charge is 2.21. The SMILES string of the molecule is CC(C)CC(C)(N)COc1ccc(-c2ccncc2)cc1C#N. The second kappa shape index (κ2) is 7.26. The molecule has 1 aromatic carbocycles. The standard InChI is InChI=1S/C19H23N3O/c1-14(2)11-19(3,21)13-23-18-5-4-16(10-17(18)12-20)15-6-8-22-9-7-15/h4-10,14H,11,13,21H2,1-3H3. The maximum atomic E-state index is 9.39. The fourth-order valence-electron chi connectivity index (χ4n) is 2.70. The van der Waals surface area contributed by atoms with E-state index in [9.17, 15) is 5.26 Å². The van der Waals surface area contributed by atoms with Crippen LogP contribution >= 0.6 is 0 Å². The van der Waals surface area contributed by atoms with Crippen LogP contribution in [0.1, 0.15) is 32.8 Å². The van der Waals surface area contributed by atoms with Crippen molar-refractivity contribution in [1.29, 1.82) is 5.26 Å². The van der Waals surface area contributed by atoms with Crippen molar-refractivity contribution >= 4 is 0 Å². The van der Waals surface area contributed by atoms with Crippen LogP contribution in [0.15, 0.2) is 42.7 Å². The lowest BCUT2D eigenvalue weighted by Crippen LogP contribution is -2.43. The summed E-state index contributed by atoms with van der Waals surface area (Å²) in [6.45, 7) is 6.63. The van der Waals surface area contributed by atoms with Crippen LogP contribution in [0.4, 0.5) is 0 Å². The van der Waals surface area contributed by atoms with Crippen molar-refractivity contribution in [3.8, 4) is 22.9 Å². The van der Waals surface area contributed by atoms with Crippen molar-refractivity contribution in [2.75, 3.05) is 6.61 Å². The quantitative estimate of drug-likeness (QED) is 0.881. The molecular weight excluding hydrogens is 286 g/mol. The predicted octanol–water partition coefficient (Wildman–Crippen LogP) is 3.76. The molecular formula is C19H23N3O. The molecule has 0 bridgehead atoms. The highest BCUT2D eigenvalue weighted by molar-refractivity contribution is 5.66. The second-order valence-electron chi connectivity index (χ2n) is 6.60. The van der Waals surface area contributed by atoms with Crippen LogP contribution in [0.2, 0.25) is 0 Å². The van der Waals surface area contributed by atoms with Crippen molar-refractivity contribution in [2.24, 2.45) is 11.7 Å². The van der Waals surface area contributed by atoms with Crippen molar-refractivity contribution < 1.29 is 4.74 Å². The number of hydrogen-bond donors (Lipinski definition) is 1. The van der Waals surface area contributed by atoms with Gasteiger partial charge in [-0.1, -0.05) is 19.9 Å². The Morgan fingerprint density at radius 2 is 1.91 bits per heavy atom. The molecule has 0 spiro atoms. The molecule has 1 aromatic heterocycles. The van der Waals surface area contributed by atoms with Gasteiger partial charge in [0.2, 0.25) is 0 Å². The summed E-state index contributed by atoms with van der Waals surface area (Å²) in [6, 6.07) is 11.6. The van der Waals surface area contributed by atoms with E-state index in [2.05, 4.69) is 24.9 Å². The minimum atomic E-state index is -0.412. The highest BCUT2D eigenvalue weighted by atomic mass is 16.5. The lowest BCUT2D eigenvalue weighted by molar-refractivity contribution is 0.206. The molecule has 2 rings (SSSR count). The molecule has 1 heterocycles.